The molecule has 49 heavy (non-hydrogen) atoms. The van der Waals surface area contributed by atoms with Crippen molar-refractivity contribution >= 4 is 11.9 Å². The van der Waals surface area contributed by atoms with E-state index in [9.17, 15) is 9.59 Å². The second-order valence-corrected chi connectivity index (χ2v) is 15.0. The Balaban J connectivity index is 0.830. The molecule has 1 N–H and O–H groups in total. The van der Waals surface area contributed by atoms with Crippen LogP contribution in [-0.4, -0.2) is 77.5 Å². The van der Waals surface area contributed by atoms with Gasteiger partial charge in [0.05, 0.1) is 48.1 Å². The zero-order valence-corrected chi connectivity index (χ0v) is 28.3. The first-order valence-electron chi connectivity index (χ1n) is 17.6. The lowest BCUT2D eigenvalue weighted by molar-refractivity contribution is -0.140. The van der Waals surface area contributed by atoms with E-state index in [4.69, 9.17) is 18.9 Å². The third kappa shape index (κ3) is 6.43. The summed E-state index contributed by atoms with van der Waals surface area (Å²) in [5, 5.41) is 21.0. The maximum Gasteiger partial charge on any atom is 0.334 e. The van der Waals surface area contributed by atoms with Crippen LogP contribution < -0.4 is 5.32 Å². The van der Waals surface area contributed by atoms with E-state index in [1.807, 2.05) is 21.8 Å². The summed E-state index contributed by atoms with van der Waals surface area (Å²) in [6, 6.07) is 0. The van der Waals surface area contributed by atoms with Gasteiger partial charge in [-0.1, -0.05) is 46.9 Å². The van der Waals surface area contributed by atoms with E-state index < -0.39 is 0 Å². The number of hydrogen-bond donors (Lipinski definition) is 1. The van der Waals surface area contributed by atoms with E-state index in [0.717, 1.165) is 62.8 Å². The van der Waals surface area contributed by atoms with Crippen LogP contribution in [0.4, 0.5) is 0 Å². The number of epoxide rings is 2. The summed E-state index contributed by atoms with van der Waals surface area (Å²) in [4.78, 5) is 24.6. The van der Waals surface area contributed by atoms with E-state index in [2.05, 4.69) is 65.1 Å². The van der Waals surface area contributed by atoms with E-state index >= 15 is 0 Å². The molecule has 0 unspecified atom stereocenters. The summed E-state index contributed by atoms with van der Waals surface area (Å²) < 4.78 is 27.2. The lowest BCUT2D eigenvalue weighted by atomic mass is 9.84. The highest BCUT2D eigenvalue weighted by Gasteiger charge is 2.62. The molecule has 4 aliphatic heterocycles. The van der Waals surface area contributed by atoms with Crippen LogP contribution in [0.2, 0.25) is 0 Å². The number of hydrogen-bond acceptors (Lipinski definition) is 11. The highest BCUT2D eigenvalue weighted by molar-refractivity contribution is 5.91. The van der Waals surface area contributed by atoms with E-state index in [-0.39, 0.29) is 59.4 Å². The molecule has 8 atom stereocenters. The van der Waals surface area contributed by atoms with Crippen LogP contribution in [0.25, 0.3) is 0 Å². The number of fused-ring (bicyclic) bond motifs is 6. The van der Waals surface area contributed by atoms with Gasteiger partial charge in [0.1, 0.15) is 24.4 Å². The maximum atomic E-state index is 12.3. The van der Waals surface area contributed by atoms with Crippen molar-refractivity contribution in [2.45, 2.75) is 127 Å². The van der Waals surface area contributed by atoms with Crippen molar-refractivity contribution in [3.8, 4) is 0 Å². The second-order valence-electron chi connectivity index (χ2n) is 15.0. The first-order chi connectivity index (χ1) is 23.6. The second kappa shape index (κ2) is 12.4. The van der Waals surface area contributed by atoms with Crippen LogP contribution in [0.1, 0.15) is 76.6 Å². The molecule has 6 aliphatic rings. The molecule has 13 heteroatoms. The fourth-order valence-electron chi connectivity index (χ4n) is 8.26. The Bertz CT molecular complexity index is 1620. The van der Waals surface area contributed by atoms with Crippen LogP contribution in [-0.2, 0) is 54.7 Å². The standard InChI is InChI=1S/C36H45N7O6/c1-21-27-11-9-23(7-5-13-35(3)31(48-35)29(27)46-33(21)44)17-42-19-25(38-40-42)15-37-16-26-20-43(41-39-26)18-24-8-6-14-36(4)32(49-36)30-28(12-10-24)22(2)34(45)47-30/h7-8,19-20,27-32,37H,1-2,5-6,9-18H2,3-4H3/b23-7+,24-8+/t27-,28-,29-,30-,31-,32-,35+,36+/m0/s1. The average Bonchev–Trinajstić information content (AvgIpc) is 3.55. The summed E-state index contributed by atoms with van der Waals surface area (Å²) in [5.74, 6) is -0.638. The third-order valence-electron chi connectivity index (χ3n) is 11.4. The molecule has 0 spiro atoms. The molecule has 0 saturated carbocycles. The van der Waals surface area contributed by atoms with Crippen LogP contribution in [0.15, 0.2) is 60.0 Å². The van der Waals surface area contributed by atoms with Gasteiger partial charge in [0, 0.05) is 36.1 Å². The zero-order chi connectivity index (χ0) is 33.9. The largest absolute Gasteiger partial charge is 0.455 e. The average molecular weight is 672 g/mol. The van der Waals surface area contributed by atoms with Gasteiger partial charge in [-0.05, 0) is 65.2 Å². The number of esters is 2. The Kier molecular flexibility index (Phi) is 8.19. The van der Waals surface area contributed by atoms with Gasteiger partial charge >= 0.3 is 11.9 Å². The van der Waals surface area contributed by atoms with Crippen molar-refractivity contribution in [3.05, 3.63) is 71.4 Å². The van der Waals surface area contributed by atoms with E-state index in [0.29, 0.717) is 37.3 Å². The Hall–Kier alpha value is -3.94. The van der Waals surface area contributed by atoms with Gasteiger partial charge in [-0.15, -0.1) is 10.2 Å². The predicted molar refractivity (Wildman–Crippen MR) is 175 cm³/mol. The summed E-state index contributed by atoms with van der Waals surface area (Å²) in [5.41, 5.74) is 4.81. The number of rotatable bonds is 8. The molecule has 0 radical (unpaired) electrons. The smallest absolute Gasteiger partial charge is 0.334 e. The molecule has 0 amide bonds. The summed E-state index contributed by atoms with van der Waals surface area (Å²) in [6.45, 7) is 14.6. The van der Waals surface area contributed by atoms with Crippen LogP contribution in [0, 0.1) is 11.8 Å². The van der Waals surface area contributed by atoms with Gasteiger partial charge in [0.2, 0.25) is 0 Å². The summed E-state index contributed by atoms with van der Waals surface area (Å²) in [6.07, 6.45) is 14.8. The Morgan fingerprint density at radius 1 is 0.776 bits per heavy atom. The predicted octanol–water partition coefficient (Wildman–Crippen LogP) is 3.67. The Labute approximate surface area is 285 Å². The molecule has 260 valence electrons. The van der Waals surface area contributed by atoms with Crippen molar-refractivity contribution in [2.24, 2.45) is 11.8 Å². The highest BCUT2D eigenvalue weighted by atomic mass is 16.7. The van der Waals surface area contributed by atoms with Crippen molar-refractivity contribution < 1.29 is 28.5 Å². The minimum atomic E-state index is -0.294. The van der Waals surface area contributed by atoms with Crippen molar-refractivity contribution in [2.75, 3.05) is 0 Å². The molecule has 2 aliphatic carbocycles. The van der Waals surface area contributed by atoms with Gasteiger partial charge in [-0.3, -0.25) is 0 Å². The molecular weight excluding hydrogens is 626 g/mol. The molecule has 2 aromatic rings. The van der Waals surface area contributed by atoms with Crippen LogP contribution >= 0.6 is 0 Å². The quantitative estimate of drug-likeness (QED) is 0.190. The van der Waals surface area contributed by atoms with E-state index in [1.165, 1.54) is 11.1 Å². The monoisotopic (exact) mass is 671 g/mol. The molecule has 0 bridgehead atoms. The minimum Gasteiger partial charge on any atom is -0.455 e. The first kappa shape index (κ1) is 32.3. The lowest BCUT2D eigenvalue weighted by Crippen LogP contribution is -2.29. The number of allylic oxidation sites excluding steroid dienone is 4. The normalized spacial score (nSPS) is 37.8. The molecule has 6 heterocycles. The van der Waals surface area contributed by atoms with Gasteiger partial charge in [-0.25, -0.2) is 19.0 Å². The minimum absolute atomic E-state index is 0.0248. The van der Waals surface area contributed by atoms with Gasteiger partial charge < -0.3 is 24.3 Å². The van der Waals surface area contributed by atoms with Crippen molar-refractivity contribution in [1.82, 2.24) is 35.3 Å². The fraction of sp³-hybridized carbons (Fsp3) is 0.611. The topological polar surface area (TPSA) is 151 Å². The SMILES string of the molecule is C=C1C(=O)O[C@H]2[C@H]1CC/C(Cn1cc(CNCc3cn(C/C4=C/CC[C@@]5(C)O[C@H]5[C@H]5OC(=O)C(=C)[C@@H]5CC4)nn3)nn1)=C\CC[C@@]1(C)O[C@@H]21. The van der Waals surface area contributed by atoms with Gasteiger partial charge in [0.15, 0.2) is 0 Å². The molecular formula is C36H45N7O6. The Morgan fingerprint density at radius 3 is 1.67 bits per heavy atom. The summed E-state index contributed by atoms with van der Waals surface area (Å²) in [7, 11) is 0. The van der Waals surface area contributed by atoms with Gasteiger partial charge in [-0.2, -0.15) is 0 Å². The van der Waals surface area contributed by atoms with Crippen LogP contribution in [0.3, 0.4) is 0 Å². The Morgan fingerprint density at radius 2 is 1.22 bits per heavy atom. The van der Waals surface area contributed by atoms with Crippen molar-refractivity contribution in [3.63, 3.8) is 0 Å². The lowest BCUT2D eigenvalue weighted by Gasteiger charge is -2.20. The molecule has 4 fully saturated rings. The van der Waals surface area contributed by atoms with E-state index in [1.54, 1.807) is 0 Å². The number of nitrogens with zero attached hydrogens (tertiary/aromatic N) is 6. The number of nitrogens with one attached hydrogen (secondary N) is 1. The fourth-order valence-corrected chi connectivity index (χ4v) is 8.26. The molecule has 4 saturated heterocycles. The molecule has 13 nitrogen and oxygen atoms in total. The highest BCUT2D eigenvalue weighted by Crippen LogP contribution is 2.51. The van der Waals surface area contributed by atoms with Gasteiger partial charge in [0.25, 0.3) is 0 Å². The molecule has 8 rings (SSSR count). The van der Waals surface area contributed by atoms with Crippen LogP contribution in [0.5, 0.6) is 0 Å². The molecule has 2 aromatic heterocycles. The zero-order valence-electron chi connectivity index (χ0n) is 28.3. The third-order valence-corrected chi connectivity index (χ3v) is 11.4. The first-order valence-corrected chi connectivity index (χ1v) is 17.6. The summed E-state index contributed by atoms with van der Waals surface area (Å²) >= 11 is 0. The maximum absolute atomic E-state index is 12.3. The number of carbonyl (C=O) groups is 2. The number of ether oxygens (including phenoxy) is 4. The number of carbonyl (C=O) groups excluding carboxylic acids is 2. The molecule has 0 aromatic carbocycles. The van der Waals surface area contributed by atoms with Crippen molar-refractivity contribution in [1.29, 1.82) is 0 Å². The number of aromatic nitrogens is 6.